The maximum atomic E-state index is 11.3. The molecule has 0 unspecified atom stereocenters. The number of unbranched alkanes of at least 4 members (excludes halogenated alkanes) is 2. The summed E-state index contributed by atoms with van der Waals surface area (Å²) in [4.78, 5) is 11.3. The van der Waals surface area contributed by atoms with Gasteiger partial charge in [-0.2, -0.15) is 0 Å². The van der Waals surface area contributed by atoms with Crippen LogP contribution in [0.15, 0.2) is 36.9 Å². The van der Waals surface area contributed by atoms with Crippen molar-refractivity contribution in [1.29, 1.82) is 0 Å². The Bertz CT molecular complexity index is 789. The van der Waals surface area contributed by atoms with Crippen LogP contribution in [0.5, 0.6) is 0 Å². The van der Waals surface area contributed by atoms with Gasteiger partial charge in [0.1, 0.15) is 0 Å². The van der Waals surface area contributed by atoms with Gasteiger partial charge in [-0.25, -0.2) is 0 Å². The highest BCUT2D eigenvalue weighted by molar-refractivity contribution is 5.86. The minimum absolute atomic E-state index is 0.0746. The lowest BCUT2D eigenvalue weighted by Crippen LogP contribution is -2.29. The molecule has 206 valence electrons. The van der Waals surface area contributed by atoms with Gasteiger partial charge in [0, 0.05) is 6.54 Å². The molecule has 3 saturated carbocycles. The average Bonchev–Trinajstić information content (AvgIpc) is 2.96. The minimum atomic E-state index is -0.0746. The lowest BCUT2D eigenvalue weighted by molar-refractivity contribution is -0.116. The predicted molar refractivity (Wildman–Crippen MR) is 158 cm³/mol. The molecule has 3 aliphatic carbocycles. The van der Waals surface area contributed by atoms with E-state index in [0.717, 1.165) is 54.9 Å². The Morgan fingerprint density at radius 3 is 1.86 bits per heavy atom. The summed E-state index contributed by atoms with van der Waals surface area (Å²) in [5.74, 6) is 5.88. The number of hydrogen-bond acceptors (Lipinski definition) is 1. The molecular formula is C35H55NO. The summed E-state index contributed by atoms with van der Waals surface area (Å²) in [6.07, 6.45) is 27.1. The molecule has 0 radical (unpaired) electrons. The number of nitrogens with one attached hydrogen (secondary N) is 1. The summed E-state index contributed by atoms with van der Waals surface area (Å²) in [5.41, 5.74) is 2.93. The smallest absolute Gasteiger partial charge is 0.243 e. The maximum Gasteiger partial charge on any atom is 0.243 e. The van der Waals surface area contributed by atoms with Crippen LogP contribution in [0.2, 0.25) is 0 Å². The van der Waals surface area contributed by atoms with Crippen LogP contribution in [0.1, 0.15) is 133 Å². The number of aryl methyl sites for hydroxylation is 1. The van der Waals surface area contributed by atoms with E-state index in [1.807, 2.05) is 0 Å². The second-order valence-corrected chi connectivity index (χ2v) is 12.9. The number of carbonyl (C=O) groups is 1. The van der Waals surface area contributed by atoms with Gasteiger partial charge in [0.05, 0.1) is 0 Å². The Morgan fingerprint density at radius 2 is 1.32 bits per heavy atom. The van der Waals surface area contributed by atoms with Gasteiger partial charge in [0.2, 0.25) is 5.91 Å². The van der Waals surface area contributed by atoms with E-state index in [-0.39, 0.29) is 5.91 Å². The van der Waals surface area contributed by atoms with Crippen molar-refractivity contribution < 1.29 is 4.79 Å². The summed E-state index contributed by atoms with van der Waals surface area (Å²) in [6.45, 7) is 6.55. The first-order valence-corrected chi connectivity index (χ1v) is 16.1. The van der Waals surface area contributed by atoms with Crippen LogP contribution >= 0.6 is 0 Å². The third-order valence-electron chi connectivity index (χ3n) is 10.6. The first kappa shape index (κ1) is 28.4. The molecule has 0 atom stereocenters. The fraction of sp³-hybridized carbons (Fsp3) is 0.743. The normalized spacial score (nSPS) is 30.5. The zero-order chi connectivity index (χ0) is 25.9. The number of benzene rings is 1. The van der Waals surface area contributed by atoms with Crippen molar-refractivity contribution in [1.82, 2.24) is 5.32 Å². The standard InChI is InChI=1S/C35H55NO/c1-3-5-6-8-27-10-14-29(15-11-27)31-18-22-33(23-19-31)34-24-20-32(21-25-34)30-16-12-28(13-17-30)9-7-26-36-35(37)4-2/h4,12-13,16-17,27,29,31-34H,2-3,5-11,14-15,18-26H2,1H3,(H,36,37). The highest BCUT2D eigenvalue weighted by Crippen LogP contribution is 2.47. The van der Waals surface area contributed by atoms with Gasteiger partial charge in [0.15, 0.2) is 0 Å². The lowest BCUT2D eigenvalue weighted by atomic mass is 9.64. The van der Waals surface area contributed by atoms with E-state index in [1.165, 1.54) is 102 Å². The van der Waals surface area contributed by atoms with Crippen LogP contribution in [0.3, 0.4) is 0 Å². The lowest BCUT2D eigenvalue weighted by Gasteiger charge is -2.41. The molecule has 37 heavy (non-hydrogen) atoms. The molecule has 0 heterocycles. The molecule has 0 aromatic heterocycles. The van der Waals surface area contributed by atoms with E-state index in [0.29, 0.717) is 0 Å². The molecule has 1 aromatic rings. The monoisotopic (exact) mass is 505 g/mol. The predicted octanol–water partition coefficient (Wildman–Crippen LogP) is 9.39. The zero-order valence-corrected chi connectivity index (χ0v) is 23.9. The molecule has 0 aliphatic heterocycles. The SMILES string of the molecule is C=CC(=O)NCCCc1ccc(C2CCC(C3CCC(C4CCC(CCCCC)CC4)CC3)CC2)cc1. The number of rotatable bonds is 12. The molecule has 1 amide bonds. The molecule has 1 N–H and O–H groups in total. The van der Waals surface area contributed by atoms with Crippen molar-refractivity contribution in [3.63, 3.8) is 0 Å². The third kappa shape index (κ3) is 8.72. The van der Waals surface area contributed by atoms with E-state index < -0.39 is 0 Å². The van der Waals surface area contributed by atoms with Gasteiger partial charge in [-0.3, -0.25) is 4.79 Å². The summed E-state index contributed by atoms with van der Waals surface area (Å²) < 4.78 is 0. The van der Waals surface area contributed by atoms with Gasteiger partial charge in [-0.1, -0.05) is 76.3 Å². The molecule has 3 fully saturated rings. The van der Waals surface area contributed by atoms with E-state index in [1.54, 1.807) is 18.4 Å². The molecular weight excluding hydrogens is 450 g/mol. The quantitative estimate of drug-likeness (QED) is 0.222. The Morgan fingerprint density at radius 1 is 0.784 bits per heavy atom. The molecule has 1 aromatic carbocycles. The first-order chi connectivity index (χ1) is 18.2. The van der Waals surface area contributed by atoms with Gasteiger partial charge in [-0.15, -0.1) is 0 Å². The van der Waals surface area contributed by atoms with Gasteiger partial charge in [0.25, 0.3) is 0 Å². The summed E-state index contributed by atoms with van der Waals surface area (Å²) in [5, 5.41) is 2.87. The zero-order valence-electron chi connectivity index (χ0n) is 23.9. The maximum absolute atomic E-state index is 11.3. The fourth-order valence-corrected chi connectivity index (χ4v) is 8.18. The molecule has 2 nitrogen and oxygen atoms in total. The van der Waals surface area contributed by atoms with Crippen molar-refractivity contribution in [2.24, 2.45) is 29.6 Å². The Kier molecular flexibility index (Phi) is 11.6. The molecule has 0 spiro atoms. The van der Waals surface area contributed by atoms with Crippen LogP contribution in [-0.4, -0.2) is 12.5 Å². The number of hydrogen-bond donors (Lipinski definition) is 1. The average molecular weight is 506 g/mol. The van der Waals surface area contributed by atoms with Crippen LogP contribution < -0.4 is 5.32 Å². The molecule has 2 heteroatoms. The highest BCUT2D eigenvalue weighted by atomic mass is 16.1. The molecule has 3 aliphatic rings. The van der Waals surface area contributed by atoms with Gasteiger partial charge in [-0.05, 0) is 130 Å². The molecule has 0 bridgehead atoms. The van der Waals surface area contributed by atoms with Crippen molar-refractivity contribution in [2.45, 2.75) is 128 Å². The van der Waals surface area contributed by atoms with Gasteiger partial charge < -0.3 is 5.32 Å². The Balaban J connectivity index is 1.12. The van der Waals surface area contributed by atoms with E-state index >= 15 is 0 Å². The van der Waals surface area contributed by atoms with Crippen LogP contribution in [-0.2, 0) is 11.2 Å². The van der Waals surface area contributed by atoms with Crippen molar-refractivity contribution in [2.75, 3.05) is 6.54 Å². The number of amides is 1. The van der Waals surface area contributed by atoms with E-state index in [4.69, 9.17) is 0 Å². The van der Waals surface area contributed by atoms with Crippen molar-refractivity contribution in [3.05, 3.63) is 48.0 Å². The van der Waals surface area contributed by atoms with Gasteiger partial charge >= 0.3 is 0 Å². The Hall–Kier alpha value is -1.57. The number of carbonyl (C=O) groups excluding carboxylic acids is 1. The summed E-state index contributed by atoms with van der Waals surface area (Å²) in [7, 11) is 0. The van der Waals surface area contributed by atoms with E-state index in [9.17, 15) is 4.79 Å². The third-order valence-corrected chi connectivity index (χ3v) is 10.6. The van der Waals surface area contributed by atoms with Crippen molar-refractivity contribution >= 4 is 5.91 Å². The van der Waals surface area contributed by atoms with Crippen LogP contribution in [0.4, 0.5) is 0 Å². The topological polar surface area (TPSA) is 29.1 Å². The van der Waals surface area contributed by atoms with Crippen LogP contribution in [0.25, 0.3) is 0 Å². The summed E-state index contributed by atoms with van der Waals surface area (Å²) in [6, 6.07) is 9.40. The molecule has 0 saturated heterocycles. The Labute approximate surface area is 228 Å². The largest absolute Gasteiger partial charge is 0.353 e. The second-order valence-electron chi connectivity index (χ2n) is 12.9. The highest BCUT2D eigenvalue weighted by Gasteiger charge is 2.34. The van der Waals surface area contributed by atoms with Crippen molar-refractivity contribution in [3.8, 4) is 0 Å². The second kappa shape index (κ2) is 15.1. The first-order valence-electron chi connectivity index (χ1n) is 16.1. The van der Waals surface area contributed by atoms with Crippen LogP contribution in [0, 0.1) is 29.6 Å². The van der Waals surface area contributed by atoms with E-state index in [2.05, 4.69) is 43.1 Å². The fourth-order valence-electron chi connectivity index (χ4n) is 8.18. The molecule has 4 rings (SSSR count). The summed E-state index contributed by atoms with van der Waals surface area (Å²) >= 11 is 0. The minimum Gasteiger partial charge on any atom is -0.353 e.